The van der Waals surface area contributed by atoms with Crippen LogP contribution in [0.1, 0.15) is 12.5 Å². The van der Waals surface area contributed by atoms with Crippen molar-refractivity contribution < 1.29 is 14.3 Å². The lowest BCUT2D eigenvalue weighted by molar-refractivity contribution is -0.121. The number of carbonyl (C=O) groups is 1. The number of hydrogen-bond donors (Lipinski definition) is 2. The summed E-state index contributed by atoms with van der Waals surface area (Å²) in [5.74, 6) is 0.815. The molecule has 0 spiro atoms. The Bertz CT molecular complexity index is 410. The van der Waals surface area contributed by atoms with E-state index in [9.17, 15) is 4.79 Å². The molecule has 0 heterocycles. The summed E-state index contributed by atoms with van der Waals surface area (Å²) in [5.41, 5.74) is 1.17. The molecule has 112 valence electrons. The van der Waals surface area contributed by atoms with Crippen molar-refractivity contribution in [3.8, 4) is 5.75 Å². The van der Waals surface area contributed by atoms with Crippen LogP contribution in [0.25, 0.3) is 0 Å². The zero-order chi connectivity index (χ0) is 14.8. The van der Waals surface area contributed by atoms with Gasteiger partial charge in [0.15, 0.2) is 0 Å². The van der Waals surface area contributed by atoms with Gasteiger partial charge in [0.2, 0.25) is 5.91 Å². The van der Waals surface area contributed by atoms with E-state index in [0.29, 0.717) is 19.8 Å². The molecule has 1 aromatic carbocycles. The van der Waals surface area contributed by atoms with Gasteiger partial charge in [-0.3, -0.25) is 4.79 Å². The van der Waals surface area contributed by atoms with E-state index in [0.717, 1.165) is 5.75 Å². The number of carbonyl (C=O) groups excluding carboxylic acids is 1. The van der Waals surface area contributed by atoms with Gasteiger partial charge >= 0.3 is 0 Å². The van der Waals surface area contributed by atoms with Crippen molar-refractivity contribution in [1.82, 2.24) is 10.6 Å². The standard InChI is InChI=1S/C15H24N2O3/c1-12-5-4-6-14(9-12)20-8-7-16-10-15(18)17-13(2)11-19-3/h4-6,9,13,16H,7-8,10-11H2,1-3H3,(H,17,18). The minimum Gasteiger partial charge on any atom is -0.492 e. The van der Waals surface area contributed by atoms with Crippen LogP contribution in [0.15, 0.2) is 24.3 Å². The maximum Gasteiger partial charge on any atom is 0.234 e. The van der Waals surface area contributed by atoms with Gasteiger partial charge in [0.25, 0.3) is 0 Å². The molecule has 1 rings (SSSR count). The molecule has 0 fully saturated rings. The van der Waals surface area contributed by atoms with E-state index in [1.54, 1.807) is 7.11 Å². The minimum absolute atomic E-state index is 0.0258. The molecule has 1 aromatic rings. The maximum atomic E-state index is 11.5. The van der Waals surface area contributed by atoms with Crippen LogP contribution in [0.3, 0.4) is 0 Å². The zero-order valence-electron chi connectivity index (χ0n) is 12.4. The summed E-state index contributed by atoms with van der Waals surface area (Å²) in [6.07, 6.45) is 0. The summed E-state index contributed by atoms with van der Waals surface area (Å²) in [6, 6.07) is 7.92. The highest BCUT2D eigenvalue weighted by atomic mass is 16.5. The Labute approximate surface area is 120 Å². The summed E-state index contributed by atoms with van der Waals surface area (Å²) < 4.78 is 10.5. The molecule has 0 bridgehead atoms. The van der Waals surface area contributed by atoms with Gasteiger partial charge in [-0.15, -0.1) is 0 Å². The second kappa shape index (κ2) is 9.34. The van der Waals surface area contributed by atoms with Crippen LogP contribution in [-0.4, -0.2) is 45.4 Å². The molecular weight excluding hydrogens is 256 g/mol. The highest BCUT2D eigenvalue weighted by Crippen LogP contribution is 2.11. The van der Waals surface area contributed by atoms with Gasteiger partial charge in [0.1, 0.15) is 12.4 Å². The Balaban J connectivity index is 2.08. The number of rotatable bonds is 9. The van der Waals surface area contributed by atoms with Gasteiger partial charge in [0.05, 0.1) is 13.2 Å². The molecule has 0 radical (unpaired) electrons. The summed E-state index contributed by atoms with van der Waals surface area (Å²) in [7, 11) is 1.61. The average Bonchev–Trinajstić information content (AvgIpc) is 2.38. The number of hydrogen-bond acceptors (Lipinski definition) is 4. The third-order valence-corrected chi connectivity index (χ3v) is 2.65. The molecule has 0 aliphatic rings. The van der Waals surface area contributed by atoms with Crippen molar-refractivity contribution in [1.29, 1.82) is 0 Å². The minimum atomic E-state index is -0.0369. The molecule has 1 atom stereocenters. The van der Waals surface area contributed by atoms with Gasteiger partial charge in [-0.2, -0.15) is 0 Å². The SMILES string of the molecule is COCC(C)NC(=O)CNCCOc1cccc(C)c1. The smallest absolute Gasteiger partial charge is 0.234 e. The number of aryl methyl sites for hydroxylation is 1. The van der Waals surface area contributed by atoms with Crippen molar-refractivity contribution in [2.45, 2.75) is 19.9 Å². The Kier molecular flexibility index (Phi) is 7.69. The maximum absolute atomic E-state index is 11.5. The third-order valence-electron chi connectivity index (χ3n) is 2.65. The summed E-state index contributed by atoms with van der Waals surface area (Å²) in [6.45, 7) is 5.89. The number of benzene rings is 1. The second-order valence-corrected chi connectivity index (χ2v) is 4.77. The Morgan fingerprint density at radius 3 is 2.90 bits per heavy atom. The van der Waals surface area contributed by atoms with Crippen LogP contribution < -0.4 is 15.4 Å². The number of ether oxygens (including phenoxy) is 2. The average molecular weight is 280 g/mol. The molecule has 0 aliphatic carbocycles. The fourth-order valence-electron chi connectivity index (χ4n) is 1.77. The first-order valence-corrected chi connectivity index (χ1v) is 6.80. The van der Waals surface area contributed by atoms with E-state index < -0.39 is 0 Å². The van der Waals surface area contributed by atoms with Crippen LogP contribution in [0, 0.1) is 6.92 Å². The van der Waals surface area contributed by atoms with Crippen LogP contribution in [0.5, 0.6) is 5.75 Å². The highest BCUT2D eigenvalue weighted by Gasteiger charge is 2.05. The lowest BCUT2D eigenvalue weighted by atomic mass is 10.2. The largest absolute Gasteiger partial charge is 0.492 e. The van der Waals surface area contributed by atoms with Gasteiger partial charge in [-0.1, -0.05) is 12.1 Å². The summed E-state index contributed by atoms with van der Waals surface area (Å²) >= 11 is 0. The first-order valence-electron chi connectivity index (χ1n) is 6.80. The zero-order valence-corrected chi connectivity index (χ0v) is 12.4. The topological polar surface area (TPSA) is 59.6 Å². The number of amides is 1. The van der Waals surface area contributed by atoms with Gasteiger partial charge in [-0.25, -0.2) is 0 Å². The normalized spacial score (nSPS) is 11.9. The summed E-state index contributed by atoms with van der Waals surface area (Å²) in [5, 5.41) is 5.87. The second-order valence-electron chi connectivity index (χ2n) is 4.77. The molecule has 5 nitrogen and oxygen atoms in total. The van der Waals surface area contributed by atoms with Crippen molar-refractivity contribution in [3.05, 3.63) is 29.8 Å². The molecule has 1 unspecified atom stereocenters. The quantitative estimate of drug-likeness (QED) is 0.665. The van der Waals surface area contributed by atoms with Crippen molar-refractivity contribution in [2.24, 2.45) is 0 Å². The van der Waals surface area contributed by atoms with Gasteiger partial charge in [0, 0.05) is 19.7 Å². The van der Waals surface area contributed by atoms with Crippen LogP contribution in [0.4, 0.5) is 0 Å². The van der Waals surface area contributed by atoms with E-state index in [-0.39, 0.29) is 18.5 Å². The van der Waals surface area contributed by atoms with Crippen LogP contribution in [0.2, 0.25) is 0 Å². The van der Waals surface area contributed by atoms with Crippen molar-refractivity contribution >= 4 is 5.91 Å². The predicted molar refractivity (Wildman–Crippen MR) is 79.0 cm³/mol. The molecule has 20 heavy (non-hydrogen) atoms. The fraction of sp³-hybridized carbons (Fsp3) is 0.533. The first kappa shape index (κ1) is 16.5. The van der Waals surface area contributed by atoms with E-state index >= 15 is 0 Å². The molecule has 0 saturated heterocycles. The lowest BCUT2D eigenvalue weighted by Gasteiger charge is -2.13. The van der Waals surface area contributed by atoms with Crippen molar-refractivity contribution in [2.75, 3.05) is 33.4 Å². The first-order chi connectivity index (χ1) is 9.61. The lowest BCUT2D eigenvalue weighted by Crippen LogP contribution is -2.41. The Morgan fingerprint density at radius 2 is 2.20 bits per heavy atom. The molecule has 2 N–H and O–H groups in total. The van der Waals surface area contributed by atoms with Crippen LogP contribution >= 0.6 is 0 Å². The molecular formula is C15H24N2O3. The molecule has 1 amide bonds. The highest BCUT2D eigenvalue weighted by molar-refractivity contribution is 5.78. The third kappa shape index (κ3) is 7.11. The molecule has 0 aliphatic heterocycles. The van der Waals surface area contributed by atoms with Crippen LogP contribution in [-0.2, 0) is 9.53 Å². The number of nitrogens with one attached hydrogen (secondary N) is 2. The van der Waals surface area contributed by atoms with E-state index in [1.165, 1.54) is 5.56 Å². The Morgan fingerprint density at radius 1 is 1.40 bits per heavy atom. The Hall–Kier alpha value is -1.59. The van der Waals surface area contributed by atoms with E-state index in [1.807, 2.05) is 38.1 Å². The predicted octanol–water partition coefficient (Wildman–Crippen LogP) is 1.11. The van der Waals surface area contributed by atoms with E-state index in [4.69, 9.17) is 9.47 Å². The summed E-state index contributed by atoms with van der Waals surface area (Å²) in [4.78, 5) is 11.5. The molecule has 0 aromatic heterocycles. The molecule has 5 heteroatoms. The van der Waals surface area contributed by atoms with Crippen molar-refractivity contribution in [3.63, 3.8) is 0 Å². The molecule has 0 saturated carbocycles. The number of methoxy groups -OCH3 is 1. The van der Waals surface area contributed by atoms with Gasteiger partial charge < -0.3 is 20.1 Å². The van der Waals surface area contributed by atoms with E-state index in [2.05, 4.69) is 10.6 Å². The monoisotopic (exact) mass is 280 g/mol. The van der Waals surface area contributed by atoms with Gasteiger partial charge in [-0.05, 0) is 31.5 Å². The fourth-order valence-corrected chi connectivity index (χ4v) is 1.77.